The number of ether oxygens (including phenoxy) is 1. The monoisotopic (exact) mass is 451 g/mol. The van der Waals surface area contributed by atoms with Gasteiger partial charge in [0, 0.05) is 18.8 Å². The quantitative estimate of drug-likeness (QED) is 0.632. The minimum absolute atomic E-state index is 0.0318. The molecule has 2 aromatic rings. The number of benzene rings is 2. The number of anilines is 1. The van der Waals surface area contributed by atoms with Gasteiger partial charge in [-0.15, -0.1) is 0 Å². The third-order valence-electron chi connectivity index (χ3n) is 5.86. The van der Waals surface area contributed by atoms with Crippen LogP contribution in [0.4, 0.5) is 10.5 Å². The predicted molar refractivity (Wildman–Crippen MR) is 132 cm³/mol. The van der Waals surface area contributed by atoms with E-state index >= 15 is 0 Å². The van der Waals surface area contributed by atoms with E-state index in [1.807, 2.05) is 83.1 Å². The number of rotatable bonds is 6. The predicted octanol–water partition coefficient (Wildman–Crippen LogP) is 5.22. The van der Waals surface area contributed by atoms with E-state index in [9.17, 15) is 9.59 Å². The Bertz CT molecular complexity index is 953. The van der Waals surface area contributed by atoms with Crippen molar-refractivity contribution in [1.29, 1.82) is 0 Å². The number of amides is 2. The Hall–Kier alpha value is -2.86. The molecule has 1 heterocycles. The number of alkyl carbamates (subject to hydrolysis) is 1. The minimum atomic E-state index is -0.521. The van der Waals surface area contributed by atoms with Gasteiger partial charge in [0.1, 0.15) is 11.6 Å². The van der Waals surface area contributed by atoms with E-state index in [4.69, 9.17) is 4.74 Å². The molecule has 6 nitrogen and oxygen atoms in total. The molecule has 2 unspecified atom stereocenters. The van der Waals surface area contributed by atoms with Gasteiger partial charge in [-0.2, -0.15) is 0 Å². The summed E-state index contributed by atoms with van der Waals surface area (Å²) < 4.78 is 5.37. The lowest BCUT2D eigenvalue weighted by Gasteiger charge is -2.38. The summed E-state index contributed by atoms with van der Waals surface area (Å²) in [6.45, 7) is 11.7. The molecule has 2 amide bonds. The molecular weight excluding hydrogens is 414 g/mol. The van der Waals surface area contributed by atoms with E-state index in [0.717, 1.165) is 48.3 Å². The molecule has 0 bridgehead atoms. The number of carbonyl (C=O) groups is 2. The van der Waals surface area contributed by atoms with Crippen LogP contribution in [-0.2, 0) is 9.53 Å². The van der Waals surface area contributed by atoms with Gasteiger partial charge in [0.05, 0.1) is 0 Å². The minimum Gasteiger partial charge on any atom is -0.444 e. The number of likely N-dealkylation sites (tertiary alicyclic amines) is 1. The number of aryl methyl sites for hydroxylation is 2. The molecule has 2 N–H and O–H groups in total. The fourth-order valence-corrected chi connectivity index (χ4v) is 4.28. The SMILES string of the molecule is Cc1ccc(C)c(NC(=O)C(c2ccccc2)N2CCCC(CNC(=O)OC(C)(C)C)C2)c1. The van der Waals surface area contributed by atoms with Crippen molar-refractivity contribution in [3.63, 3.8) is 0 Å². The Kier molecular flexibility index (Phi) is 8.14. The number of carbonyl (C=O) groups excluding carboxylic acids is 2. The molecule has 3 rings (SSSR count). The van der Waals surface area contributed by atoms with Crippen LogP contribution >= 0.6 is 0 Å². The van der Waals surface area contributed by atoms with Crippen LogP contribution in [0.3, 0.4) is 0 Å². The van der Waals surface area contributed by atoms with Crippen molar-refractivity contribution in [1.82, 2.24) is 10.2 Å². The molecule has 0 saturated carbocycles. The first-order chi connectivity index (χ1) is 15.6. The smallest absolute Gasteiger partial charge is 0.407 e. The van der Waals surface area contributed by atoms with E-state index in [1.165, 1.54) is 0 Å². The number of nitrogens with zero attached hydrogens (tertiary/aromatic N) is 1. The summed E-state index contributed by atoms with van der Waals surface area (Å²) in [6, 6.07) is 15.6. The fraction of sp³-hybridized carbons (Fsp3) is 0.481. The average Bonchev–Trinajstić information content (AvgIpc) is 2.75. The number of hydrogen-bond donors (Lipinski definition) is 2. The van der Waals surface area contributed by atoms with Gasteiger partial charge < -0.3 is 15.4 Å². The summed E-state index contributed by atoms with van der Waals surface area (Å²) in [5, 5.41) is 6.07. The lowest BCUT2D eigenvalue weighted by atomic mass is 9.94. The van der Waals surface area contributed by atoms with Gasteiger partial charge in [0.15, 0.2) is 0 Å². The van der Waals surface area contributed by atoms with Crippen LogP contribution in [0, 0.1) is 19.8 Å². The molecule has 1 aliphatic heterocycles. The lowest BCUT2D eigenvalue weighted by molar-refractivity contribution is -0.122. The first-order valence-corrected chi connectivity index (χ1v) is 11.8. The van der Waals surface area contributed by atoms with Gasteiger partial charge in [0.25, 0.3) is 0 Å². The largest absolute Gasteiger partial charge is 0.444 e. The maximum Gasteiger partial charge on any atom is 0.407 e. The van der Waals surface area contributed by atoms with Crippen LogP contribution < -0.4 is 10.6 Å². The summed E-state index contributed by atoms with van der Waals surface area (Å²) in [4.78, 5) is 27.9. The highest BCUT2D eigenvalue weighted by Gasteiger charge is 2.32. The lowest BCUT2D eigenvalue weighted by Crippen LogP contribution is -2.46. The summed E-state index contributed by atoms with van der Waals surface area (Å²) >= 11 is 0. The molecule has 0 spiro atoms. The zero-order valence-corrected chi connectivity index (χ0v) is 20.5. The molecule has 2 aromatic carbocycles. The van der Waals surface area contributed by atoms with Crippen molar-refractivity contribution in [3.8, 4) is 0 Å². The van der Waals surface area contributed by atoms with E-state index in [-0.39, 0.29) is 11.8 Å². The first-order valence-electron chi connectivity index (χ1n) is 11.8. The highest BCUT2D eigenvalue weighted by molar-refractivity contribution is 5.96. The van der Waals surface area contributed by atoms with Crippen LogP contribution in [0.5, 0.6) is 0 Å². The van der Waals surface area contributed by atoms with Gasteiger partial charge >= 0.3 is 6.09 Å². The van der Waals surface area contributed by atoms with Crippen molar-refractivity contribution >= 4 is 17.7 Å². The molecule has 0 aromatic heterocycles. The Morgan fingerprint density at radius 1 is 1.12 bits per heavy atom. The molecule has 178 valence electrons. The first kappa shape index (κ1) is 24.8. The highest BCUT2D eigenvalue weighted by Crippen LogP contribution is 2.29. The molecule has 6 heteroatoms. The van der Waals surface area contributed by atoms with Crippen LogP contribution in [0.15, 0.2) is 48.5 Å². The van der Waals surface area contributed by atoms with E-state index in [1.54, 1.807) is 0 Å². The molecule has 1 fully saturated rings. The van der Waals surface area contributed by atoms with Gasteiger partial charge in [-0.25, -0.2) is 4.79 Å². The number of hydrogen-bond acceptors (Lipinski definition) is 4. The number of piperidine rings is 1. The third-order valence-corrected chi connectivity index (χ3v) is 5.86. The Morgan fingerprint density at radius 3 is 2.55 bits per heavy atom. The third kappa shape index (κ3) is 7.32. The van der Waals surface area contributed by atoms with Gasteiger partial charge in [-0.1, -0.05) is 42.5 Å². The van der Waals surface area contributed by atoms with E-state index < -0.39 is 17.7 Å². The summed E-state index contributed by atoms with van der Waals surface area (Å²) in [7, 11) is 0. The Balaban J connectivity index is 1.73. The highest BCUT2D eigenvalue weighted by atomic mass is 16.6. The van der Waals surface area contributed by atoms with Gasteiger partial charge in [-0.3, -0.25) is 9.69 Å². The van der Waals surface area contributed by atoms with Crippen molar-refractivity contribution in [2.45, 2.75) is 59.1 Å². The summed E-state index contributed by atoms with van der Waals surface area (Å²) in [5.41, 5.74) is 3.45. The molecule has 1 saturated heterocycles. The van der Waals surface area contributed by atoms with Crippen LogP contribution in [-0.4, -0.2) is 42.1 Å². The summed E-state index contributed by atoms with van der Waals surface area (Å²) in [5.74, 6) is 0.224. The molecule has 0 aliphatic carbocycles. The normalized spacial score (nSPS) is 17.8. The van der Waals surface area contributed by atoms with Crippen LogP contribution in [0.25, 0.3) is 0 Å². The van der Waals surface area contributed by atoms with E-state index in [0.29, 0.717) is 6.54 Å². The Labute approximate surface area is 197 Å². The van der Waals surface area contributed by atoms with Crippen LogP contribution in [0.1, 0.15) is 56.3 Å². The van der Waals surface area contributed by atoms with E-state index in [2.05, 4.69) is 15.5 Å². The number of nitrogens with one attached hydrogen (secondary N) is 2. The average molecular weight is 452 g/mol. The molecule has 0 radical (unpaired) electrons. The Morgan fingerprint density at radius 2 is 1.85 bits per heavy atom. The summed E-state index contributed by atoms with van der Waals surface area (Å²) in [6.07, 6.45) is 1.58. The van der Waals surface area contributed by atoms with Crippen molar-refractivity contribution in [2.75, 3.05) is 25.0 Å². The fourth-order valence-electron chi connectivity index (χ4n) is 4.28. The van der Waals surface area contributed by atoms with Gasteiger partial charge in [0.2, 0.25) is 5.91 Å². The maximum atomic E-state index is 13.6. The second-order valence-corrected chi connectivity index (χ2v) is 10.0. The molecule has 33 heavy (non-hydrogen) atoms. The second kappa shape index (κ2) is 10.8. The van der Waals surface area contributed by atoms with Crippen molar-refractivity contribution < 1.29 is 14.3 Å². The topological polar surface area (TPSA) is 70.7 Å². The van der Waals surface area contributed by atoms with Crippen LogP contribution in [0.2, 0.25) is 0 Å². The van der Waals surface area contributed by atoms with Gasteiger partial charge in [-0.05, 0) is 82.7 Å². The van der Waals surface area contributed by atoms with Crippen molar-refractivity contribution in [2.24, 2.45) is 5.92 Å². The zero-order chi connectivity index (χ0) is 24.0. The second-order valence-electron chi connectivity index (χ2n) is 10.0. The molecular formula is C27H37N3O3. The zero-order valence-electron chi connectivity index (χ0n) is 20.5. The standard InChI is InChI=1S/C27H37N3O3/c1-19-13-14-20(2)23(16-19)29-25(31)24(22-11-7-6-8-12-22)30-15-9-10-21(18-30)17-28-26(32)33-27(3,4)5/h6-8,11-14,16,21,24H,9-10,15,17-18H2,1-5H3,(H,28,32)(H,29,31). The van der Waals surface area contributed by atoms with Crippen molar-refractivity contribution in [3.05, 3.63) is 65.2 Å². The maximum absolute atomic E-state index is 13.6. The molecule has 2 atom stereocenters. The molecule has 1 aliphatic rings.